The Morgan fingerprint density at radius 1 is 1.11 bits per heavy atom. The maximum Gasteiger partial charge on any atom is 0.0412 e. The minimum Gasteiger partial charge on any atom is -0.321 e. The molecule has 1 aliphatic rings. The van der Waals surface area contributed by atoms with Gasteiger partial charge in [0.05, 0.1) is 0 Å². The molecule has 0 saturated carbocycles. The number of rotatable bonds is 6. The Morgan fingerprint density at radius 3 is 2.72 bits per heavy atom. The molecule has 1 aromatic rings. The van der Waals surface area contributed by atoms with Crippen LogP contribution in [0.4, 0.5) is 0 Å². The second kappa shape index (κ2) is 6.38. The van der Waals surface area contributed by atoms with E-state index in [9.17, 15) is 0 Å². The van der Waals surface area contributed by atoms with E-state index in [-0.39, 0.29) is 5.54 Å². The molecule has 0 aromatic heterocycles. The van der Waals surface area contributed by atoms with Crippen LogP contribution in [0.3, 0.4) is 0 Å². The summed E-state index contributed by atoms with van der Waals surface area (Å²) in [4.78, 5) is 0. The first-order valence-electron chi connectivity index (χ1n) is 7.63. The Bertz CT molecular complexity index is 372. The van der Waals surface area contributed by atoms with Crippen LogP contribution in [0.25, 0.3) is 0 Å². The molecule has 0 aliphatic heterocycles. The third-order valence-electron chi connectivity index (χ3n) is 4.35. The van der Waals surface area contributed by atoms with Crippen molar-refractivity contribution in [1.29, 1.82) is 0 Å². The third kappa shape index (κ3) is 3.14. The van der Waals surface area contributed by atoms with E-state index in [4.69, 9.17) is 5.73 Å². The lowest BCUT2D eigenvalue weighted by atomic mass is 9.74. The summed E-state index contributed by atoms with van der Waals surface area (Å²) in [5.41, 5.74) is 9.55. The Kier molecular flexibility index (Phi) is 4.82. The molecule has 0 radical (unpaired) electrons. The molecule has 100 valence electrons. The van der Waals surface area contributed by atoms with Crippen LogP contribution >= 0.6 is 0 Å². The molecule has 2 rings (SSSR count). The van der Waals surface area contributed by atoms with E-state index in [0.717, 1.165) is 12.8 Å². The van der Waals surface area contributed by atoms with Crippen LogP contribution in [-0.2, 0) is 12.0 Å². The maximum atomic E-state index is 6.69. The van der Waals surface area contributed by atoms with Crippen molar-refractivity contribution in [1.82, 2.24) is 0 Å². The van der Waals surface area contributed by atoms with E-state index in [1.807, 2.05) is 0 Å². The molecule has 0 saturated heterocycles. The van der Waals surface area contributed by atoms with E-state index < -0.39 is 0 Å². The number of benzene rings is 1. The predicted octanol–water partition coefficient (Wildman–Crippen LogP) is 4.54. The average molecular weight is 245 g/mol. The summed E-state index contributed by atoms with van der Waals surface area (Å²) in [6.45, 7) is 2.27. The fourth-order valence-electron chi connectivity index (χ4n) is 3.26. The average Bonchev–Trinajstić information content (AvgIpc) is 2.39. The van der Waals surface area contributed by atoms with Crippen molar-refractivity contribution in [3.63, 3.8) is 0 Å². The number of aryl methyl sites for hydroxylation is 1. The molecule has 0 amide bonds. The highest BCUT2D eigenvalue weighted by Crippen LogP contribution is 2.36. The molecule has 0 heterocycles. The number of unbranched alkanes of at least 4 members (excludes halogenated alkanes) is 4. The zero-order valence-corrected chi connectivity index (χ0v) is 11.8. The summed E-state index contributed by atoms with van der Waals surface area (Å²) in [5, 5.41) is 0. The van der Waals surface area contributed by atoms with Gasteiger partial charge in [0.2, 0.25) is 0 Å². The lowest BCUT2D eigenvalue weighted by Crippen LogP contribution is -2.40. The first-order chi connectivity index (χ1) is 8.76. The predicted molar refractivity (Wildman–Crippen MR) is 78.6 cm³/mol. The molecular weight excluding hydrogens is 218 g/mol. The van der Waals surface area contributed by atoms with Crippen LogP contribution in [-0.4, -0.2) is 0 Å². The van der Waals surface area contributed by atoms with Crippen molar-refractivity contribution in [2.24, 2.45) is 5.73 Å². The van der Waals surface area contributed by atoms with E-state index >= 15 is 0 Å². The van der Waals surface area contributed by atoms with Gasteiger partial charge in [0.25, 0.3) is 0 Å². The zero-order chi connectivity index (χ0) is 12.8. The normalized spacial score (nSPS) is 22.8. The SMILES string of the molecule is CCCCCCCC1(N)CCCc2ccccc21. The number of fused-ring (bicyclic) bond motifs is 1. The van der Waals surface area contributed by atoms with E-state index in [2.05, 4.69) is 31.2 Å². The Labute approximate surface area is 112 Å². The van der Waals surface area contributed by atoms with Gasteiger partial charge in [-0.25, -0.2) is 0 Å². The Hall–Kier alpha value is -0.820. The number of hydrogen-bond acceptors (Lipinski definition) is 1. The summed E-state index contributed by atoms with van der Waals surface area (Å²) >= 11 is 0. The van der Waals surface area contributed by atoms with Crippen molar-refractivity contribution < 1.29 is 0 Å². The van der Waals surface area contributed by atoms with Gasteiger partial charge in [0.1, 0.15) is 0 Å². The van der Waals surface area contributed by atoms with Crippen molar-refractivity contribution in [3.8, 4) is 0 Å². The van der Waals surface area contributed by atoms with Crippen LogP contribution in [0.2, 0.25) is 0 Å². The van der Waals surface area contributed by atoms with Gasteiger partial charge in [0.15, 0.2) is 0 Å². The minimum atomic E-state index is -0.0406. The Balaban J connectivity index is 1.95. The van der Waals surface area contributed by atoms with E-state index in [1.54, 1.807) is 0 Å². The molecular formula is C17H27N. The summed E-state index contributed by atoms with van der Waals surface area (Å²) in [7, 11) is 0. The van der Waals surface area contributed by atoms with Gasteiger partial charge in [-0.2, -0.15) is 0 Å². The van der Waals surface area contributed by atoms with Gasteiger partial charge in [0, 0.05) is 5.54 Å². The highest BCUT2D eigenvalue weighted by Gasteiger charge is 2.31. The van der Waals surface area contributed by atoms with Crippen molar-refractivity contribution in [2.75, 3.05) is 0 Å². The maximum absolute atomic E-state index is 6.69. The molecule has 18 heavy (non-hydrogen) atoms. The van der Waals surface area contributed by atoms with Gasteiger partial charge in [-0.1, -0.05) is 63.3 Å². The largest absolute Gasteiger partial charge is 0.321 e. The highest BCUT2D eigenvalue weighted by atomic mass is 14.7. The lowest BCUT2D eigenvalue weighted by Gasteiger charge is -2.36. The van der Waals surface area contributed by atoms with Crippen LogP contribution < -0.4 is 5.73 Å². The lowest BCUT2D eigenvalue weighted by molar-refractivity contribution is 0.331. The Morgan fingerprint density at radius 2 is 1.89 bits per heavy atom. The second-order valence-corrected chi connectivity index (χ2v) is 5.83. The minimum absolute atomic E-state index is 0.0406. The number of nitrogens with two attached hydrogens (primary N) is 1. The molecule has 0 fully saturated rings. The molecule has 1 unspecified atom stereocenters. The van der Waals surface area contributed by atoms with Crippen LogP contribution in [0.5, 0.6) is 0 Å². The summed E-state index contributed by atoms with van der Waals surface area (Å²) in [5.74, 6) is 0. The van der Waals surface area contributed by atoms with Gasteiger partial charge in [-0.15, -0.1) is 0 Å². The standard InChI is InChI=1S/C17H27N/c1-2-3-4-5-8-13-17(18)14-9-11-15-10-6-7-12-16(15)17/h6-7,10,12H,2-5,8-9,11,13-14,18H2,1H3. The van der Waals surface area contributed by atoms with Crippen molar-refractivity contribution in [3.05, 3.63) is 35.4 Å². The molecule has 0 bridgehead atoms. The second-order valence-electron chi connectivity index (χ2n) is 5.83. The van der Waals surface area contributed by atoms with Gasteiger partial charge >= 0.3 is 0 Å². The van der Waals surface area contributed by atoms with Gasteiger partial charge < -0.3 is 5.73 Å². The smallest absolute Gasteiger partial charge is 0.0412 e. The van der Waals surface area contributed by atoms with Gasteiger partial charge in [-0.05, 0) is 36.8 Å². The highest BCUT2D eigenvalue weighted by molar-refractivity contribution is 5.35. The molecule has 1 heteroatoms. The van der Waals surface area contributed by atoms with Crippen LogP contribution in [0.15, 0.2) is 24.3 Å². The van der Waals surface area contributed by atoms with Crippen molar-refractivity contribution in [2.45, 2.75) is 70.3 Å². The first-order valence-corrected chi connectivity index (χ1v) is 7.63. The fourth-order valence-corrected chi connectivity index (χ4v) is 3.26. The summed E-state index contributed by atoms with van der Waals surface area (Å²) < 4.78 is 0. The third-order valence-corrected chi connectivity index (χ3v) is 4.35. The quantitative estimate of drug-likeness (QED) is 0.732. The molecule has 2 N–H and O–H groups in total. The fraction of sp³-hybridized carbons (Fsp3) is 0.647. The van der Waals surface area contributed by atoms with E-state index in [0.29, 0.717) is 0 Å². The molecule has 1 aromatic carbocycles. The first kappa shape index (κ1) is 13.6. The van der Waals surface area contributed by atoms with Gasteiger partial charge in [-0.3, -0.25) is 0 Å². The topological polar surface area (TPSA) is 26.0 Å². The monoisotopic (exact) mass is 245 g/mol. The van der Waals surface area contributed by atoms with E-state index in [1.165, 1.54) is 56.1 Å². The molecule has 1 nitrogen and oxygen atoms in total. The van der Waals surface area contributed by atoms with Crippen molar-refractivity contribution >= 4 is 0 Å². The molecule has 0 spiro atoms. The van der Waals surface area contributed by atoms with Crippen LogP contribution in [0, 0.1) is 0 Å². The molecule has 1 atom stereocenters. The number of hydrogen-bond donors (Lipinski definition) is 1. The summed E-state index contributed by atoms with van der Waals surface area (Å²) in [6.07, 6.45) is 11.5. The van der Waals surface area contributed by atoms with Crippen LogP contribution in [0.1, 0.15) is 69.4 Å². The molecule has 1 aliphatic carbocycles. The zero-order valence-electron chi connectivity index (χ0n) is 11.8. The summed E-state index contributed by atoms with van der Waals surface area (Å²) in [6, 6.07) is 8.79.